The summed E-state index contributed by atoms with van der Waals surface area (Å²) < 4.78 is 26.0. The zero-order valence-electron chi connectivity index (χ0n) is 8.36. The molecule has 0 bridgehead atoms. The summed E-state index contributed by atoms with van der Waals surface area (Å²) in [6, 6.07) is 7.95. The lowest BCUT2D eigenvalue weighted by Gasteiger charge is -2.16. The monoisotopic (exact) mass is 227 g/mol. The molecular formula is C11H11F2NO2. The highest BCUT2D eigenvalue weighted by Crippen LogP contribution is 2.28. The molecule has 2 atom stereocenters. The standard InChI is InChI=1S/C11H11F2NO2/c12-11(13)9(15)8(14-10(11)16)6-7-4-2-1-3-5-7/h1-5,8-9,15H,6H2,(H,14,16). The van der Waals surface area contributed by atoms with Gasteiger partial charge in [0.15, 0.2) is 0 Å². The second kappa shape index (κ2) is 3.83. The van der Waals surface area contributed by atoms with Gasteiger partial charge in [0.1, 0.15) is 6.10 Å². The van der Waals surface area contributed by atoms with E-state index in [0.717, 1.165) is 5.56 Å². The Kier molecular flexibility index (Phi) is 2.63. The van der Waals surface area contributed by atoms with Crippen LogP contribution in [0.25, 0.3) is 0 Å². The highest BCUT2D eigenvalue weighted by molar-refractivity contribution is 5.87. The summed E-state index contributed by atoms with van der Waals surface area (Å²) in [5, 5.41) is 11.4. The van der Waals surface area contributed by atoms with E-state index in [1.807, 2.05) is 6.07 Å². The quantitative estimate of drug-likeness (QED) is 0.782. The van der Waals surface area contributed by atoms with Crippen LogP contribution in [0, 0.1) is 0 Å². The number of benzene rings is 1. The number of aliphatic hydroxyl groups excluding tert-OH is 1. The summed E-state index contributed by atoms with van der Waals surface area (Å²) >= 11 is 0. The molecule has 1 heterocycles. The number of amides is 1. The molecule has 2 unspecified atom stereocenters. The SMILES string of the molecule is O=C1NC(Cc2ccccc2)C(O)C1(F)F. The predicted molar refractivity (Wildman–Crippen MR) is 53.0 cm³/mol. The number of aliphatic hydroxyl groups is 1. The second-order valence-electron chi connectivity index (χ2n) is 3.84. The van der Waals surface area contributed by atoms with E-state index in [1.54, 1.807) is 24.3 Å². The maximum Gasteiger partial charge on any atom is 0.351 e. The van der Waals surface area contributed by atoms with E-state index in [-0.39, 0.29) is 6.42 Å². The minimum absolute atomic E-state index is 0.198. The number of hydrogen-bond donors (Lipinski definition) is 2. The van der Waals surface area contributed by atoms with Gasteiger partial charge in [-0.05, 0) is 12.0 Å². The van der Waals surface area contributed by atoms with Crippen molar-refractivity contribution in [3.8, 4) is 0 Å². The maximum absolute atomic E-state index is 13.0. The zero-order chi connectivity index (χ0) is 11.8. The molecule has 1 saturated heterocycles. The van der Waals surface area contributed by atoms with Crippen molar-refractivity contribution in [3.05, 3.63) is 35.9 Å². The third-order valence-corrected chi connectivity index (χ3v) is 2.67. The molecular weight excluding hydrogens is 216 g/mol. The lowest BCUT2D eigenvalue weighted by Crippen LogP contribution is -2.38. The van der Waals surface area contributed by atoms with E-state index >= 15 is 0 Å². The minimum atomic E-state index is -3.68. The Morgan fingerprint density at radius 3 is 2.44 bits per heavy atom. The van der Waals surface area contributed by atoms with E-state index in [0.29, 0.717) is 0 Å². The molecule has 0 spiro atoms. The first-order valence-corrected chi connectivity index (χ1v) is 4.92. The van der Waals surface area contributed by atoms with Gasteiger partial charge in [0, 0.05) is 0 Å². The van der Waals surface area contributed by atoms with Gasteiger partial charge in [-0.15, -0.1) is 0 Å². The van der Waals surface area contributed by atoms with Crippen LogP contribution in [-0.2, 0) is 11.2 Å². The van der Waals surface area contributed by atoms with Crippen LogP contribution >= 0.6 is 0 Å². The third kappa shape index (κ3) is 1.78. The highest BCUT2D eigenvalue weighted by Gasteiger charge is 2.56. The number of rotatable bonds is 2. The zero-order valence-corrected chi connectivity index (χ0v) is 8.36. The predicted octanol–water partition coefficient (Wildman–Crippen LogP) is 0.724. The van der Waals surface area contributed by atoms with Gasteiger partial charge in [-0.3, -0.25) is 4.79 Å². The first-order chi connectivity index (χ1) is 7.51. The molecule has 16 heavy (non-hydrogen) atoms. The van der Waals surface area contributed by atoms with Crippen LogP contribution in [0.3, 0.4) is 0 Å². The van der Waals surface area contributed by atoms with Gasteiger partial charge in [0.05, 0.1) is 6.04 Å². The Balaban J connectivity index is 2.11. The first-order valence-electron chi connectivity index (χ1n) is 4.92. The van der Waals surface area contributed by atoms with Gasteiger partial charge < -0.3 is 10.4 Å². The first kappa shape index (κ1) is 11.0. The van der Waals surface area contributed by atoms with Crippen LogP contribution in [0.2, 0.25) is 0 Å². The third-order valence-electron chi connectivity index (χ3n) is 2.67. The summed E-state index contributed by atoms with van der Waals surface area (Å²) in [6.07, 6.45) is -1.76. The molecule has 0 saturated carbocycles. The summed E-state index contributed by atoms with van der Waals surface area (Å²) in [4.78, 5) is 10.9. The van der Waals surface area contributed by atoms with Crippen molar-refractivity contribution in [2.24, 2.45) is 0 Å². The van der Waals surface area contributed by atoms with Crippen molar-refractivity contribution >= 4 is 5.91 Å². The summed E-state index contributed by atoms with van der Waals surface area (Å²) in [6.45, 7) is 0. The Hall–Kier alpha value is -1.49. The molecule has 2 N–H and O–H groups in total. The van der Waals surface area contributed by atoms with Crippen LogP contribution in [0.5, 0.6) is 0 Å². The van der Waals surface area contributed by atoms with Crippen molar-refractivity contribution in [3.63, 3.8) is 0 Å². The molecule has 1 aromatic rings. The average Bonchev–Trinajstić information content (AvgIpc) is 2.45. The summed E-state index contributed by atoms with van der Waals surface area (Å²) in [5.41, 5.74) is 0.796. The van der Waals surface area contributed by atoms with Gasteiger partial charge >= 0.3 is 5.92 Å². The Labute approximate surface area is 91.1 Å². The number of alkyl halides is 2. The lowest BCUT2D eigenvalue weighted by molar-refractivity contribution is -0.150. The van der Waals surface area contributed by atoms with Crippen molar-refractivity contribution in [2.75, 3.05) is 0 Å². The van der Waals surface area contributed by atoms with Gasteiger partial charge in [0.2, 0.25) is 0 Å². The van der Waals surface area contributed by atoms with Gasteiger partial charge in [-0.2, -0.15) is 8.78 Å². The van der Waals surface area contributed by atoms with Crippen LogP contribution in [-0.4, -0.2) is 29.1 Å². The van der Waals surface area contributed by atoms with Crippen LogP contribution in [0.1, 0.15) is 5.56 Å². The second-order valence-corrected chi connectivity index (χ2v) is 3.84. The van der Waals surface area contributed by atoms with E-state index in [2.05, 4.69) is 5.32 Å². The minimum Gasteiger partial charge on any atom is -0.384 e. The maximum atomic E-state index is 13.0. The molecule has 1 amide bonds. The smallest absolute Gasteiger partial charge is 0.351 e. The summed E-state index contributed by atoms with van der Waals surface area (Å²) in [7, 11) is 0. The Morgan fingerprint density at radius 2 is 1.94 bits per heavy atom. The molecule has 1 aliphatic heterocycles. The largest absolute Gasteiger partial charge is 0.384 e. The van der Waals surface area contributed by atoms with E-state index in [1.165, 1.54) is 0 Å². The number of carbonyl (C=O) groups is 1. The van der Waals surface area contributed by atoms with Gasteiger partial charge in [0.25, 0.3) is 5.91 Å². The van der Waals surface area contributed by atoms with Crippen molar-refractivity contribution in [1.29, 1.82) is 0 Å². The van der Waals surface area contributed by atoms with Crippen LogP contribution < -0.4 is 5.32 Å². The van der Waals surface area contributed by atoms with Crippen molar-refractivity contribution in [1.82, 2.24) is 5.32 Å². The van der Waals surface area contributed by atoms with Crippen molar-refractivity contribution in [2.45, 2.75) is 24.5 Å². The molecule has 5 heteroatoms. The normalized spacial score (nSPS) is 27.8. The molecule has 1 aliphatic rings. The van der Waals surface area contributed by atoms with Crippen LogP contribution in [0.4, 0.5) is 8.78 Å². The molecule has 86 valence electrons. The molecule has 0 aromatic heterocycles. The molecule has 1 fully saturated rings. The molecule has 0 aliphatic carbocycles. The fourth-order valence-electron chi connectivity index (χ4n) is 1.76. The molecule has 0 radical (unpaired) electrons. The van der Waals surface area contributed by atoms with Crippen LogP contribution in [0.15, 0.2) is 30.3 Å². The molecule has 1 aromatic carbocycles. The number of carbonyl (C=O) groups excluding carboxylic acids is 1. The highest BCUT2D eigenvalue weighted by atomic mass is 19.3. The van der Waals surface area contributed by atoms with Crippen molar-refractivity contribution < 1.29 is 18.7 Å². The average molecular weight is 227 g/mol. The van der Waals surface area contributed by atoms with E-state index in [9.17, 15) is 18.7 Å². The molecule has 3 nitrogen and oxygen atoms in total. The Bertz CT molecular complexity index is 394. The topological polar surface area (TPSA) is 49.3 Å². The molecule has 2 rings (SSSR count). The fraction of sp³-hybridized carbons (Fsp3) is 0.364. The van der Waals surface area contributed by atoms with Gasteiger partial charge in [-0.25, -0.2) is 0 Å². The van der Waals surface area contributed by atoms with E-state index in [4.69, 9.17) is 0 Å². The van der Waals surface area contributed by atoms with E-state index < -0.39 is 24.0 Å². The Morgan fingerprint density at radius 1 is 1.31 bits per heavy atom. The van der Waals surface area contributed by atoms with Gasteiger partial charge in [-0.1, -0.05) is 30.3 Å². The lowest BCUT2D eigenvalue weighted by atomic mass is 10.0. The summed E-state index contributed by atoms with van der Waals surface area (Å²) in [5.74, 6) is -5.08. The number of nitrogens with one attached hydrogen (secondary N) is 1. The fourth-order valence-corrected chi connectivity index (χ4v) is 1.76. The number of hydrogen-bond acceptors (Lipinski definition) is 2. The number of halogens is 2.